The van der Waals surface area contributed by atoms with Crippen molar-refractivity contribution in [1.82, 2.24) is 9.88 Å². The Morgan fingerprint density at radius 2 is 1.81 bits per heavy atom. The predicted molar refractivity (Wildman–Crippen MR) is 122 cm³/mol. The van der Waals surface area contributed by atoms with E-state index in [4.69, 9.17) is 16.3 Å². The van der Waals surface area contributed by atoms with E-state index < -0.39 is 5.97 Å². The third kappa shape index (κ3) is 5.62. The van der Waals surface area contributed by atoms with Crippen LogP contribution in [0, 0.1) is 0 Å². The fraction of sp³-hybridized carbons (Fsp3) is 0.261. The minimum atomic E-state index is -0.448. The summed E-state index contributed by atoms with van der Waals surface area (Å²) >= 11 is 7.55. The Balaban J connectivity index is 1.22. The summed E-state index contributed by atoms with van der Waals surface area (Å²) in [7, 11) is 0. The summed E-state index contributed by atoms with van der Waals surface area (Å²) in [5, 5.41) is 3.40. The number of carbonyl (C=O) groups is 2. The van der Waals surface area contributed by atoms with Crippen molar-refractivity contribution in [1.29, 1.82) is 0 Å². The van der Waals surface area contributed by atoms with Crippen LogP contribution in [-0.4, -0.2) is 54.5 Å². The summed E-state index contributed by atoms with van der Waals surface area (Å²) in [5.41, 5.74) is 2.71. The number of anilines is 1. The van der Waals surface area contributed by atoms with E-state index in [9.17, 15) is 9.59 Å². The van der Waals surface area contributed by atoms with Gasteiger partial charge in [0.05, 0.1) is 12.1 Å². The molecule has 0 saturated carbocycles. The van der Waals surface area contributed by atoms with Crippen LogP contribution in [0.1, 0.15) is 5.69 Å². The van der Waals surface area contributed by atoms with Gasteiger partial charge in [-0.3, -0.25) is 9.59 Å². The number of thiazole rings is 1. The zero-order valence-electron chi connectivity index (χ0n) is 16.9. The fourth-order valence-corrected chi connectivity index (χ4v) is 4.43. The van der Waals surface area contributed by atoms with Crippen LogP contribution in [0.25, 0.3) is 10.6 Å². The van der Waals surface area contributed by atoms with Gasteiger partial charge in [-0.2, -0.15) is 0 Å². The topological polar surface area (TPSA) is 62.7 Å². The van der Waals surface area contributed by atoms with Crippen LogP contribution in [0.5, 0.6) is 0 Å². The van der Waals surface area contributed by atoms with Gasteiger partial charge in [-0.25, -0.2) is 4.98 Å². The van der Waals surface area contributed by atoms with Gasteiger partial charge in [0.2, 0.25) is 0 Å². The van der Waals surface area contributed by atoms with E-state index in [0.717, 1.165) is 16.3 Å². The Labute approximate surface area is 190 Å². The number of esters is 1. The maximum absolute atomic E-state index is 12.4. The maximum atomic E-state index is 12.4. The van der Waals surface area contributed by atoms with Gasteiger partial charge in [-0.1, -0.05) is 48.0 Å². The smallest absolute Gasteiger partial charge is 0.312 e. The first-order valence-electron chi connectivity index (χ1n) is 10.0. The molecule has 2 heterocycles. The molecule has 3 aromatic rings. The molecule has 160 valence electrons. The number of ether oxygens (including phenoxy) is 1. The van der Waals surface area contributed by atoms with Crippen molar-refractivity contribution in [2.75, 3.05) is 37.7 Å². The Kier molecular flexibility index (Phi) is 6.84. The van der Waals surface area contributed by atoms with Crippen LogP contribution in [0.4, 0.5) is 5.69 Å². The molecule has 0 N–H and O–H groups in total. The van der Waals surface area contributed by atoms with Crippen molar-refractivity contribution >= 4 is 40.5 Å². The normalized spacial score (nSPS) is 13.8. The molecule has 4 rings (SSSR count). The Hall–Kier alpha value is -2.90. The van der Waals surface area contributed by atoms with Crippen LogP contribution in [-0.2, 0) is 20.7 Å². The van der Waals surface area contributed by atoms with Gasteiger partial charge >= 0.3 is 5.97 Å². The average molecular weight is 456 g/mol. The number of amides is 1. The molecule has 0 spiro atoms. The molecular formula is C23H22ClN3O3S. The Morgan fingerprint density at radius 1 is 1.03 bits per heavy atom. The van der Waals surface area contributed by atoms with E-state index in [1.807, 2.05) is 60.0 Å². The summed E-state index contributed by atoms with van der Waals surface area (Å²) in [4.78, 5) is 33.0. The first-order valence-corrected chi connectivity index (χ1v) is 11.3. The predicted octanol–water partition coefficient (Wildman–Crippen LogP) is 3.90. The van der Waals surface area contributed by atoms with Gasteiger partial charge in [-0.15, -0.1) is 11.3 Å². The average Bonchev–Trinajstić information content (AvgIpc) is 3.26. The highest BCUT2D eigenvalue weighted by Gasteiger charge is 2.22. The standard InChI is InChI=1S/C23H22ClN3O3S/c24-18-7-4-8-20(13-18)26-9-11-27(12-10-26)21(28)15-30-22(29)14-19-16-31-23(25-19)17-5-2-1-3-6-17/h1-8,13,16H,9-12,14-15H2. The second-order valence-corrected chi connectivity index (χ2v) is 8.49. The lowest BCUT2D eigenvalue weighted by atomic mass is 10.2. The minimum absolute atomic E-state index is 0.0547. The van der Waals surface area contributed by atoms with Gasteiger partial charge in [0, 0.05) is 47.8 Å². The van der Waals surface area contributed by atoms with Crippen LogP contribution >= 0.6 is 22.9 Å². The molecular weight excluding hydrogens is 434 g/mol. The lowest BCUT2D eigenvalue weighted by Gasteiger charge is -2.36. The van der Waals surface area contributed by atoms with E-state index in [1.54, 1.807) is 4.90 Å². The molecule has 31 heavy (non-hydrogen) atoms. The zero-order chi connectivity index (χ0) is 21.6. The van der Waals surface area contributed by atoms with Crippen molar-refractivity contribution in [2.24, 2.45) is 0 Å². The molecule has 0 radical (unpaired) electrons. The highest BCUT2D eigenvalue weighted by Crippen LogP contribution is 2.24. The number of hydrogen-bond donors (Lipinski definition) is 0. The number of piperazine rings is 1. The molecule has 0 bridgehead atoms. The Bertz CT molecular complexity index is 1050. The largest absolute Gasteiger partial charge is 0.455 e. The zero-order valence-corrected chi connectivity index (χ0v) is 18.4. The number of benzene rings is 2. The summed E-state index contributed by atoms with van der Waals surface area (Å²) in [5.74, 6) is -0.627. The lowest BCUT2D eigenvalue weighted by Crippen LogP contribution is -2.50. The van der Waals surface area contributed by atoms with E-state index in [-0.39, 0.29) is 18.9 Å². The SMILES string of the molecule is O=C(Cc1csc(-c2ccccc2)n1)OCC(=O)N1CCN(c2cccc(Cl)c2)CC1. The first kappa shape index (κ1) is 21.3. The second kappa shape index (κ2) is 9.94. The molecule has 0 unspecified atom stereocenters. The first-order chi connectivity index (χ1) is 15.1. The fourth-order valence-electron chi connectivity index (χ4n) is 3.42. The molecule has 0 aliphatic carbocycles. The van der Waals surface area contributed by atoms with Crippen LogP contribution in [0.3, 0.4) is 0 Å². The van der Waals surface area contributed by atoms with Crippen molar-refractivity contribution in [3.8, 4) is 10.6 Å². The quantitative estimate of drug-likeness (QED) is 0.527. The summed E-state index contributed by atoms with van der Waals surface area (Å²) in [6.45, 7) is 2.33. The number of aromatic nitrogens is 1. The van der Waals surface area contributed by atoms with E-state index >= 15 is 0 Å². The van der Waals surface area contributed by atoms with Crippen molar-refractivity contribution in [3.63, 3.8) is 0 Å². The molecule has 1 fully saturated rings. The van der Waals surface area contributed by atoms with Gasteiger partial charge < -0.3 is 14.5 Å². The highest BCUT2D eigenvalue weighted by molar-refractivity contribution is 7.13. The molecule has 1 aliphatic heterocycles. The number of carbonyl (C=O) groups excluding carboxylic acids is 2. The van der Waals surface area contributed by atoms with Crippen LogP contribution < -0.4 is 4.90 Å². The Morgan fingerprint density at radius 3 is 2.55 bits per heavy atom. The lowest BCUT2D eigenvalue weighted by molar-refractivity contribution is -0.151. The van der Waals surface area contributed by atoms with E-state index in [2.05, 4.69) is 9.88 Å². The van der Waals surface area contributed by atoms with Crippen molar-refractivity contribution < 1.29 is 14.3 Å². The summed E-state index contributed by atoms with van der Waals surface area (Å²) < 4.78 is 5.21. The maximum Gasteiger partial charge on any atom is 0.312 e. The molecule has 1 amide bonds. The number of nitrogens with zero attached hydrogens (tertiary/aromatic N) is 3. The van der Waals surface area contributed by atoms with E-state index in [0.29, 0.717) is 36.9 Å². The van der Waals surface area contributed by atoms with Crippen molar-refractivity contribution in [2.45, 2.75) is 6.42 Å². The third-order valence-corrected chi connectivity index (χ3v) is 6.24. The summed E-state index contributed by atoms with van der Waals surface area (Å²) in [6.07, 6.45) is 0.0547. The molecule has 8 heteroatoms. The van der Waals surface area contributed by atoms with Gasteiger partial charge in [0.25, 0.3) is 5.91 Å². The third-order valence-electron chi connectivity index (χ3n) is 5.06. The van der Waals surface area contributed by atoms with Gasteiger partial charge in [-0.05, 0) is 18.2 Å². The van der Waals surface area contributed by atoms with E-state index in [1.165, 1.54) is 11.3 Å². The van der Waals surface area contributed by atoms with Gasteiger partial charge in [0.15, 0.2) is 6.61 Å². The summed E-state index contributed by atoms with van der Waals surface area (Å²) in [6, 6.07) is 17.5. The van der Waals surface area contributed by atoms with Crippen LogP contribution in [0.2, 0.25) is 5.02 Å². The minimum Gasteiger partial charge on any atom is -0.455 e. The number of halogens is 1. The second-order valence-electron chi connectivity index (χ2n) is 7.20. The monoisotopic (exact) mass is 455 g/mol. The number of hydrogen-bond acceptors (Lipinski definition) is 6. The molecule has 1 saturated heterocycles. The molecule has 2 aromatic carbocycles. The highest BCUT2D eigenvalue weighted by atomic mass is 35.5. The molecule has 6 nitrogen and oxygen atoms in total. The molecule has 1 aliphatic rings. The van der Waals surface area contributed by atoms with Gasteiger partial charge in [0.1, 0.15) is 5.01 Å². The molecule has 0 atom stereocenters. The van der Waals surface area contributed by atoms with Crippen LogP contribution in [0.15, 0.2) is 60.0 Å². The number of rotatable bonds is 6. The van der Waals surface area contributed by atoms with Crippen molar-refractivity contribution in [3.05, 3.63) is 70.7 Å². The molecule has 1 aromatic heterocycles.